The van der Waals surface area contributed by atoms with Crippen LogP contribution in [0.4, 0.5) is 20.2 Å². The number of rotatable bonds is 8. The van der Waals surface area contributed by atoms with Crippen molar-refractivity contribution in [1.82, 2.24) is 19.9 Å². The number of nitrogens with zero attached hydrogens (tertiary/aromatic N) is 3. The van der Waals surface area contributed by atoms with Crippen LogP contribution in [0.1, 0.15) is 31.1 Å². The lowest BCUT2D eigenvalue weighted by Gasteiger charge is -2.09. The summed E-state index contributed by atoms with van der Waals surface area (Å²) in [6, 6.07) is 21.6. The standard InChI is InChI=1S/C21H16FN3O4.C13H11NO3.C8H9FN2O2/c1-28-20-12(4-3-7-23-20)11-5-6-18(26)14(8-11)19-24-16-9-13(21(27)29-2)15(22)10-17(16)25-19;1-17-13-11(3-2-6-14-13)9-4-5-12(16)10(7-9)8-15;1-13-8(12)4-2-6(10)7(11)3-5(4)9/h3-10,26H,1-2H3,(H,24,25);2-8,16H,1H3;2-3H,10-11H2,1H3. The molecule has 0 aliphatic carbocycles. The van der Waals surface area contributed by atoms with Crippen molar-refractivity contribution in [2.24, 2.45) is 0 Å². The van der Waals surface area contributed by atoms with Crippen molar-refractivity contribution in [1.29, 1.82) is 0 Å². The van der Waals surface area contributed by atoms with Crippen LogP contribution in [0.2, 0.25) is 0 Å². The molecule has 0 aliphatic rings. The second-order valence-electron chi connectivity index (χ2n) is 12.1. The fraction of sp³-hybridized carbons (Fsp3) is 0.0952. The van der Waals surface area contributed by atoms with Gasteiger partial charge >= 0.3 is 11.9 Å². The molecule has 3 heterocycles. The van der Waals surface area contributed by atoms with Crippen LogP contribution in [0.15, 0.2) is 97.3 Å². The highest BCUT2D eigenvalue weighted by Gasteiger charge is 2.19. The van der Waals surface area contributed by atoms with E-state index in [2.05, 4.69) is 29.4 Å². The number of halogens is 2. The number of fused-ring (bicyclic) bond motifs is 1. The van der Waals surface area contributed by atoms with Crippen LogP contribution in [0.25, 0.3) is 44.7 Å². The zero-order valence-electron chi connectivity index (χ0n) is 31.8. The van der Waals surface area contributed by atoms with Crippen LogP contribution < -0.4 is 20.9 Å². The minimum Gasteiger partial charge on any atom is -0.507 e. The van der Waals surface area contributed by atoms with Crippen molar-refractivity contribution in [3.8, 4) is 56.9 Å². The summed E-state index contributed by atoms with van der Waals surface area (Å²) in [5, 5.41) is 19.8. The number of phenols is 2. The monoisotopic (exact) mass is 806 g/mol. The van der Waals surface area contributed by atoms with E-state index in [-0.39, 0.29) is 39.6 Å². The van der Waals surface area contributed by atoms with E-state index in [4.69, 9.17) is 20.9 Å². The fourth-order valence-corrected chi connectivity index (χ4v) is 5.55. The summed E-state index contributed by atoms with van der Waals surface area (Å²) in [5.41, 5.74) is 15.0. The number of nitrogen functional groups attached to an aromatic ring is 2. The average Bonchev–Trinajstić information content (AvgIpc) is 3.67. The highest BCUT2D eigenvalue weighted by atomic mass is 19.1. The number of anilines is 2. The molecule has 0 saturated heterocycles. The Morgan fingerprint density at radius 2 is 1.20 bits per heavy atom. The van der Waals surface area contributed by atoms with Gasteiger partial charge < -0.3 is 45.6 Å². The number of imidazole rings is 1. The number of aldehydes is 1. The summed E-state index contributed by atoms with van der Waals surface area (Å²) in [6.45, 7) is 0. The predicted octanol–water partition coefficient (Wildman–Crippen LogP) is 6.98. The summed E-state index contributed by atoms with van der Waals surface area (Å²) in [6.07, 6.45) is 3.86. The Morgan fingerprint density at radius 1 is 0.678 bits per heavy atom. The number of hydrogen-bond acceptors (Lipinski definition) is 14. The van der Waals surface area contributed by atoms with E-state index in [0.29, 0.717) is 40.5 Å². The van der Waals surface area contributed by atoms with Gasteiger partial charge in [-0.1, -0.05) is 12.1 Å². The molecule has 3 aromatic heterocycles. The van der Waals surface area contributed by atoms with Crippen LogP contribution in [0.5, 0.6) is 23.3 Å². The van der Waals surface area contributed by atoms with Crippen molar-refractivity contribution >= 4 is 40.6 Å². The molecule has 0 amide bonds. The normalized spacial score (nSPS) is 10.3. The van der Waals surface area contributed by atoms with Crippen LogP contribution in [-0.4, -0.2) is 76.8 Å². The van der Waals surface area contributed by atoms with Gasteiger partial charge in [-0.15, -0.1) is 0 Å². The minimum absolute atomic E-state index is 0.00988. The SMILES string of the molecule is COC(=O)c1cc(N)c(N)cc1F.COC(=O)c1cc2nc(-c3cc(-c4cccnc4OC)ccc3O)[nH]c2cc1F.COc1ncccc1-c1ccc(O)c(C=O)c1. The molecule has 7 N–H and O–H groups in total. The Bertz CT molecular complexity index is 2670. The lowest BCUT2D eigenvalue weighted by molar-refractivity contribution is 0.0586. The zero-order chi connectivity index (χ0) is 42.8. The summed E-state index contributed by atoms with van der Waals surface area (Å²) in [7, 11) is 5.40. The number of nitrogens with one attached hydrogen (secondary N) is 1. The highest BCUT2D eigenvalue weighted by molar-refractivity contribution is 5.95. The van der Waals surface area contributed by atoms with E-state index < -0.39 is 23.6 Å². The first-order chi connectivity index (χ1) is 28.3. The molecular weight excluding hydrogens is 770 g/mol. The summed E-state index contributed by atoms with van der Waals surface area (Å²) in [4.78, 5) is 49.1. The number of methoxy groups -OCH3 is 4. The first-order valence-corrected chi connectivity index (χ1v) is 17.1. The van der Waals surface area contributed by atoms with Crippen molar-refractivity contribution in [3.63, 3.8) is 0 Å². The van der Waals surface area contributed by atoms with Gasteiger partial charge in [-0.25, -0.2) is 33.3 Å². The smallest absolute Gasteiger partial charge is 0.340 e. The molecule has 0 spiro atoms. The maximum Gasteiger partial charge on any atom is 0.340 e. The molecule has 17 heteroatoms. The van der Waals surface area contributed by atoms with Gasteiger partial charge in [-0.05, 0) is 77.9 Å². The number of benzene rings is 4. The number of aromatic amines is 1. The molecule has 0 unspecified atom stereocenters. The van der Waals surface area contributed by atoms with Crippen LogP contribution >= 0.6 is 0 Å². The largest absolute Gasteiger partial charge is 0.507 e. The molecule has 0 atom stereocenters. The number of carbonyl (C=O) groups is 3. The fourth-order valence-electron chi connectivity index (χ4n) is 5.55. The number of aromatic hydroxyl groups is 2. The molecule has 0 radical (unpaired) electrons. The van der Waals surface area contributed by atoms with E-state index in [1.54, 1.807) is 48.8 Å². The molecule has 7 rings (SSSR count). The molecule has 0 aliphatic heterocycles. The van der Waals surface area contributed by atoms with E-state index in [0.717, 1.165) is 41.5 Å². The number of pyridine rings is 2. The topological polar surface area (TPSA) is 235 Å². The third-order valence-corrected chi connectivity index (χ3v) is 8.51. The van der Waals surface area contributed by atoms with E-state index >= 15 is 0 Å². The quantitative estimate of drug-likeness (QED) is 0.0592. The molecule has 7 aromatic rings. The zero-order valence-corrected chi connectivity index (χ0v) is 31.8. The molecule has 59 heavy (non-hydrogen) atoms. The van der Waals surface area contributed by atoms with Gasteiger partial charge in [-0.2, -0.15) is 0 Å². The van der Waals surface area contributed by atoms with Crippen LogP contribution in [-0.2, 0) is 9.47 Å². The molecule has 302 valence electrons. The van der Waals surface area contributed by atoms with Gasteiger partial charge in [0.05, 0.1) is 73.1 Å². The second kappa shape index (κ2) is 18.7. The Balaban J connectivity index is 0.000000187. The van der Waals surface area contributed by atoms with Crippen molar-refractivity contribution in [3.05, 3.63) is 126 Å². The minimum atomic E-state index is -0.789. The van der Waals surface area contributed by atoms with Gasteiger partial charge in [0.1, 0.15) is 29.0 Å². The second-order valence-corrected chi connectivity index (χ2v) is 12.1. The number of nitrogens with two attached hydrogens (primary N) is 2. The number of esters is 2. The first-order valence-electron chi connectivity index (χ1n) is 17.1. The predicted molar refractivity (Wildman–Crippen MR) is 214 cm³/mol. The number of aromatic nitrogens is 4. The molecule has 15 nitrogen and oxygen atoms in total. The van der Waals surface area contributed by atoms with Gasteiger partial charge in [0.15, 0.2) is 6.29 Å². The molecule has 0 saturated carbocycles. The van der Waals surface area contributed by atoms with Gasteiger partial charge in [0.2, 0.25) is 11.8 Å². The summed E-state index contributed by atoms with van der Waals surface area (Å²) in [5.74, 6) is -1.82. The van der Waals surface area contributed by atoms with E-state index in [1.807, 2.05) is 12.1 Å². The Morgan fingerprint density at radius 3 is 1.76 bits per heavy atom. The number of phenolic OH excluding ortho intramolecular Hbond substituents is 2. The Labute approximate surface area is 334 Å². The number of H-pyrrole nitrogens is 1. The lowest BCUT2D eigenvalue weighted by Crippen LogP contribution is -2.07. The maximum absolute atomic E-state index is 14.2. The highest BCUT2D eigenvalue weighted by Crippen LogP contribution is 2.36. The Kier molecular flexibility index (Phi) is 13.3. The summed E-state index contributed by atoms with van der Waals surface area (Å²) >= 11 is 0. The van der Waals surface area contributed by atoms with Gasteiger partial charge in [0, 0.05) is 29.6 Å². The summed E-state index contributed by atoms with van der Waals surface area (Å²) < 4.78 is 46.6. The molecular formula is C42H36F2N6O9. The van der Waals surface area contributed by atoms with Crippen LogP contribution in [0, 0.1) is 11.6 Å². The molecule has 0 fully saturated rings. The average molecular weight is 807 g/mol. The maximum atomic E-state index is 14.2. The van der Waals surface area contributed by atoms with Crippen molar-refractivity contribution in [2.45, 2.75) is 0 Å². The third-order valence-electron chi connectivity index (χ3n) is 8.51. The Hall–Kier alpha value is -8.08. The first kappa shape index (κ1) is 42.1. The third kappa shape index (κ3) is 9.49. The number of ether oxygens (including phenoxy) is 4. The van der Waals surface area contributed by atoms with Crippen LogP contribution in [0.3, 0.4) is 0 Å². The molecule has 0 bridgehead atoms. The molecule has 4 aromatic carbocycles. The van der Waals surface area contributed by atoms with E-state index in [9.17, 15) is 33.4 Å². The lowest BCUT2D eigenvalue weighted by atomic mass is 10.0. The van der Waals surface area contributed by atoms with Gasteiger partial charge in [-0.3, -0.25) is 4.79 Å². The van der Waals surface area contributed by atoms with Gasteiger partial charge in [0.25, 0.3) is 0 Å². The number of hydrogen-bond donors (Lipinski definition) is 5. The van der Waals surface area contributed by atoms with E-state index in [1.165, 1.54) is 45.6 Å². The van der Waals surface area contributed by atoms with Crippen molar-refractivity contribution < 1.29 is 52.3 Å². The van der Waals surface area contributed by atoms with Crippen molar-refractivity contribution in [2.75, 3.05) is 39.9 Å². The number of carbonyl (C=O) groups excluding carboxylic acids is 3.